The first kappa shape index (κ1) is 8.97. The number of nitrogens with one attached hydrogen (secondary N) is 1. The fourth-order valence-electron chi connectivity index (χ4n) is 1.55. The molecule has 1 aromatic rings. The van der Waals surface area contributed by atoms with Crippen LogP contribution in [0.2, 0.25) is 0 Å². The van der Waals surface area contributed by atoms with E-state index in [-0.39, 0.29) is 5.60 Å². The molecule has 1 N–H and O–H groups in total. The summed E-state index contributed by atoms with van der Waals surface area (Å²) in [4.78, 5) is 4.16. The summed E-state index contributed by atoms with van der Waals surface area (Å²) in [6.45, 7) is 3.91. The molecule has 0 saturated carbocycles. The zero-order valence-corrected chi connectivity index (χ0v) is 8.56. The van der Waals surface area contributed by atoms with E-state index in [1.165, 1.54) is 6.42 Å². The van der Waals surface area contributed by atoms with Gasteiger partial charge >= 0.3 is 0 Å². The lowest BCUT2D eigenvalue weighted by Gasteiger charge is -2.22. The Labute approximate surface area is 82.1 Å². The molecule has 2 rings (SSSR count). The molecule has 1 aliphatic heterocycles. The first-order valence-corrected chi connectivity index (χ1v) is 5.44. The van der Waals surface area contributed by atoms with Crippen molar-refractivity contribution in [2.75, 3.05) is 18.5 Å². The van der Waals surface area contributed by atoms with Crippen LogP contribution in [-0.2, 0) is 4.74 Å². The molecule has 0 bridgehead atoms. The first-order valence-electron chi connectivity index (χ1n) is 4.56. The molecule has 1 unspecified atom stereocenters. The zero-order valence-electron chi connectivity index (χ0n) is 7.75. The third kappa shape index (κ3) is 2.19. The van der Waals surface area contributed by atoms with Crippen LogP contribution in [0.5, 0.6) is 0 Å². The highest BCUT2D eigenvalue weighted by molar-refractivity contribution is 7.13. The van der Waals surface area contributed by atoms with Gasteiger partial charge < -0.3 is 10.1 Å². The van der Waals surface area contributed by atoms with E-state index in [2.05, 4.69) is 17.2 Å². The van der Waals surface area contributed by atoms with Crippen LogP contribution in [-0.4, -0.2) is 23.7 Å². The molecule has 0 radical (unpaired) electrons. The summed E-state index contributed by atoms with van der Waals surface area (Å²) < 4.78 is 5.65. The summed E-state index contributed by atoms with van der Waals surface area (Å²) in [5.41, 5.74) is 0.0195. The van der Waals surface area contributed by atoms with E-state index in [1.54, 1.807) is 11.3 Å². The van der Waals surface area contributed by atoms with Crippen LogP contribution in [0.4, 0.5) is 5.13 Å². The van der Waals surface area contributed by atoms with Gasteiger partial charge in [0.25, 0.3) is 0 Å². The van der Waals surface area contributed by atoms with Crippen LogP contribution in [0.15, 0.2) is 11.6 Å². The molecule has 0 amide bonds. The topological polar surface area (TPSA) is 34.2 Å². The van der Waals surface area contributed by atoms with Crippen LogP contribution in [0, 0.1) is 0 Å². The van der Waals surface area contributed by atoms with E-state index in [9.17, 15) is 0 Å². The van der Waals surface area contributed by atoms with Crippen LogP contribution in [0.3, 0.4) is 0 Å². The SMILES string of the molecule is CC1(CNc2nccs2)CCCO1. The second kappa shape index (κ2) is 3.64. The first-order chi connectivity index (χ1) is 6.29. The Bertz CT molecular complexity index is 255. The monoisotopic (exact) mass is 198 g/mol. The van der Waals surface area contributed by atoms with E-state index in [4.69, 9.17) is 4.74 Å². The van der Waals surface area contributed by atoms with E-state index in [1.807, 2.05) is 11.6 Å². The lowest BCUT2D eigenvalue weighted by Crippen LogP contribution is -2.32. The summed E-state index contributed by atoms with van der Waals surface area (Å²) >= 11 is 1.63. The van der Waals surface area contributed by atoms with Gasteiger partial charge in [0.1, 0.15) is 0 Å². The smallest absolute Gasteiger partial charge is 0.182 e. The third-order valence-corrected chi connectivity index (χ3v) is 3.08. The molecular weight excluding hydrogens is 184 g/mol. The molecule has 1 aromatic heterocycles. The number of rotatable bonds is 3. The minimum absolute atomic E-state index is 0.0195. The van der Waals surface area contributed by atoms with Crippen LogP contribution >= 0.6 is 11.3 Å². The predicted molar refractivity (Wildman–Crippen MR) is 54.2 cm³/mol. The third-order valence-electron chi connectivity index (χ3n) is 2.35. The second-order valence-corrected chi connectivity index (χ2v) is 4.49. The van der Waals surface area contributed by atoms with Gasteiger partial charge in [0, 0.05) is 24.7 Å². The Hall–Kier alpha value is -0.610. The highest BCUT2D eigenvalue weighted by Crippen LogP contribution is 2.25. The molecule has 2 heterocycles. The highest BCUT2D eigenvalue weighted by atomic mass is 32.1. The summed E-state index contributed by atoms with van der Waals surface area (Å²) in [5.74, 6) is 0. The van der Waals surface area contributed by atoms with Crippen molar-refractivity contribution in [3.05, 3.63) is 11.6 Å². The van der Waals surface area contributed by atoms with Gasteiger partial charge in [0.05, 0.1) is 5.60 Å². The molecular formula is C9H14N2OS. The van der Waals surface area contributed by atoms with Gasteiger partial charge in [-0.3, -0.25) is 0 Å². The molecule has 4 heteroatoms. The molecule has 0 spiro atoms. The average Bonchev–Trinajstić information content (AvgIpc) is 2.72. The number of nitrogens with zero attached hydrogens (tertiary/aromatic N) is 1. The second-order valence-electron chi connectivity index (χ2n) is 3.59. The van der Waals surface area contributed by atoms with Gasteiger partial charge in [0.2, 0.25) is 0 Å². The highest BCUT2D eigenvalue weighted by Gasteiger charge is 2.29. The van der Waals surface area contributed by atoms with Gasteiger partial charge in [-0.2, -0.15) is 0 Å². The van der Waals surface area contributed by atoms with Crippen molar-refractivity contribution in [1.82, 2.24) is 4.98 Å². The van der Waals surface area contributed by atoms with E-state index < -0.39 is 0 Å². The molecule has 0 aromatic carbocycles. The standard InChI is InChI=1S/C9H14N2OS/c1-9(3-2-5-12-9)7-11-8-10-4-6-13-8/h4,6H,2-3,5,7H2,1H3,(H,10,11). The number of ether oxygens (including phenoxy) is 1. The van der Waals surface area contributed by atoms with Crippen molar-refractivity contribution >= 4 is 16.5 Å². The predicted octanol–water partition coefficient (Wildman–Crippen LogP) is 2.12. The molecule has 1 atom stereocenters. The number of hydrogen-bond donors (Lipinski definition) is 1. The Morgan fingerprint density at radius 3 is 3.31 bits per heavy atom. The summed E-state index contributed by atoms with van der Waals surface area (Å²) in [7, 11) is 0. The largest absolute Gasteiger partial charge is 0.373 e. The molecule has 3 nitrogen and oxygen atoms in total. The molecule has 1 aliphatic rings. The zero-order chi connectivity index (χ0) is 9.15. The van der Waals surface area contributed by atoms with Crippen molar-refractivity contribution in [2.24, 2.45) is 0 Å². The maximum atomic E-state index is 5.65. The Kier molecular flexibility index (Phi) is 2.51. The van der Waals surface area contributed by atoms with Gasteiger partial charge in [-0.1, -0.05) is 0 Å². The van der Waals surface area contributed by atoms with Crippen molar-refractivity contribution in [3.8, 4) is 0 Å². The minimum Gasteiger partial charge on any atom is -0.373 e. The fourth-order valence-corrected chi connectivity index (χ4v) is 2.08. The van der Waals surface area contributed by atoms with Crippen molar-refractivity contribution in [3.63, 3.8) is 0 Å². The summed E-state index contributed by atoms with van der Waals surface area (Å²) in [6, 6.07) is 0. The van der Waals surface area contributed by atoms with Crippen LogP contribution in [0.1, 0.15) is 19.8 Å². The molecule has 0 aliphatic carbocycles. The summed E-state index contributed by atoms with van der Waals surface area (Å²) in [6.07, 6.45) is 4.13. The number of aromatic nitrogens is 1. The molecule has 72 valence electrons. The van der Waals surface area contributed by atoms with Crippen molar-refractivity contribution in [2.45, 2.75) is 25.4 Å². The van der Waals surface area contributed by atoms with Crippen molar-refractivity contribution < 1.29 is 4.74 Å². The maximum Gasteiger partial charge on any atom is 0.182 e. The van der Waals surface area contributed by atoms with Crippen LogP contribution in [0.25, 0.3) is 0 Å². The Morgan fingerprint density at radius 1 is 1.77 bits per heavy atom. The molecule has 1 saturated heterocycles. The number of hydrogen-bond acceptors (Lipinski definition) is 4. The molecule has 1 fully saturated rings. The van der Waals surface area contributed by atoms with Crippen LogP contribution < -0.4 is 5.32 Å². The lowest BCUT2D eigenvalue weighted by atomic mass is 10.0. The van der Waals surface area contributed by atoms with Gasteiger partial charge in [-0.25, -0.2) is 4.98 Å². The minimum atomic E-state index is 0.0195. The Morgan fingerprint density at radius 2 is 2.69 bits per heavy atom. The Balaban J connectivity index is 1.85. The van der Waals surface area contributed by atoms with Gasteiger partial charge in [-0.15, -0.1) is 11.3 Å². The number of thiazole rings is 1. The van der Waals surface area contributed by atoms with Gasteiger partial charge in [0.15, 0.2) is 5.13 Å². The lowest BCUT2D eigenvalue weighted by molar-refractivity contribution is 0.0315. The quantitative estimate of drug-likeness (QED) is 0.807. The van der Waals surface area contributed by atoms with E-state index in [0.717, 1.165) is 24.7 Å². The normalized spacial score (nSPS) is 27.8. The summed E-state index contributed by atoms with van der Waals surface area (Å²) in [5, 5.41) is 6.24. The van der Waals surface area contributed by atoms with Crippen molar-refractivity contribution in [1.29, 1.82) is 0 Å². The fraction of sp³-hybridized carbons (Fsp3) is 0.667. The van der Waals surface area contributed by atoms with E-state index >= 15 is 0 Å². The van der Waals surface area contributed by atoms with Gasteiger partial charge in [-0.05, 0) is 19.8 Å². The van der Waals surface area contributed by atoms with E-state index in [0.29, 0.717) is 0 Å². The maximum absolute atomic E-state index is 5.65. The number of anilines is 1. The molecule has 13 heavy (non-hydrogen) atoms. The average molecular weight is 198 g/mol.